The zero-order valence-electron chi connectivity index (χ0n) is 23.8. The Kier molecular flexibility index (Phi) is 6.90. The maximum Gasteiger partial charge on any atom is 0.333 e. The predicted molar refractivity (Wildman–Crippen MR) is 160 cm³/mol. The van der Waals surface area contributed by atoms with Gasteiger partial charge in [0.2, 0.25) is 0 Å². The van der Waals surface area contributed by atoms with E-state index in [0.717, 1.165) is 49.4 Å². The van der Waals surface area contributed by atoms with Crippen molar-refractivity contribution in [3.05, 3.63) is 84.6 Å². The molecule has 2 saturated heterocycles. The molecule has 7 rings (SSSR count). The Labute approximate surface area is 252 Å². The first-order valence-corrected chi connectivity index (χ1v) is 16.1. The number of piperazine rings is 1. The molecule has 0 aliphatic carbocycles. The Morgan fingerprint density at radius 1 is 0.955 bits per heavy atom. The fourth-order valence-electron chi connectivity index (χ4n) is 6.40. The van der Waals surface area contributed by atoms with Crippen molar-refractivity contribution in [2.45, 2.75) is 42.9 Å². The van der Waals surface area contributed by atoms with E-state index in [1.807, 2.05) is 30.3 Å². The summed E-state index contributed by atoms with van der Waals surface area (Å²) in [6.07, 6.45) is 11.0. The fraction of sp³-hybridized carbons (Fsp3) is 0.290. The molecule has 2 unspecified atom stereocenters. The van der Waals surface area contributed by atoms with Crippen molar-refractivity contribution in [2.24, 2.45) is 0 Å². The summed E-state index contributed by atoms with van der Waals surface area (Å²) in [4.78, 5) is 9.97. The molecule has 6 heterocycles. The maximum atomic E-state index is 13.2. The first-order chi connectivity index (χ1) is 21.2. The second kappa shape index (κ2) is 10.8. The van der Waals surface area contributed by atoms with Crippen LogP contribution < -0.4 is 4.90 Å². The molecule has 0 radical (unpaired) electrons. The lowest BCUT2D eigenvalue weighted by molar-refractivity contribution is 0.0566. The van der Waals surface area contributed by atoms with Crippen LogP contribution in [-0.4, -0.2) is 69.1 Å². The number of benzene rings is 1. The van der Waals surface area contributed by atoms with Crippen LogP contribution in [-0.2, 0) is 16.4 Å². The van der Waals surface area contributed by atoms with E-state index in [1.54, 1.807) is 29.0 Å². The molecule has 0 saturated carbocycles. The number of aromatic nitrogens is 5. The number of anilines is 1. The first kappa shape index (κ1) is 28.1. The Morgan fingerprint density at radius 2 is 1.70 bits per heavy atom. The van der Waals surface area contributed by atoms with Crippen LogP contribution >= 0.6 is 0 Å². The van der Waals surface area contributed by atoms with Gasteiger partial charge in [0.25, 0.3) is 0 Å². The van der Waals surface area contributed by atoms with Gasteiger partial charge in [0.15, 0.2) is 9.84 Å². The number of halogens is 2. The summed E-state index contributed by atoms with van der Waals surface area (Å²) in [5, 5.41) is 17.8. The number of hydrogen-bond donors (Lipinski definition) is 0. The minimum atomic E-state index is -3.22. The Hall–Kier alpha value is -4.67. The Bertz CT molecular complexity index is 1990. The summed E-state index contributed by atoms with van der Waals surface area (Å²) in [5.74, 6) is 0.863. The van der Waals surface area contributed by atoms with Gasteiger partial charge in [-0.3, -0.25) is 4.90 Å². The molecule has 5 aromatic rings. The third-order valence-corrected chi connectivity index (χ3v) is 9.73. The smallest absolute Gasteiger partial charge is 0.333 e. The van der Waals surface area contributed by atoms with Crippen molar-refractivity contribution in [1.29, 1.82) is 5.26 Å². The van der Waals surface area contributed by atoms with Crippen molar-refractivity contribution in [2.75, 3.05) is 24.2 Å². The van der Waals surface area contributed by atoms with Gasteiger partial charge in [-0.25, -0.2) is 22.6 Å². The van der Waals surface area contributed by atoms with Crippen molar-refractivity contribution in [3.63, 3.8) is 0 Å². The molecule has 2 aliphatic rings. The van der Waals surface area contributed by atoms with Gasteiger partial charge in [-0.15, -0.1) is 0 Å². The van der Waals surface area contributed by atoms with Gasteiger partial charge in [0, 0.05) is 78.8 Å². The third kappa shape index (κ3) is 5.10. The lowest BCUT2D eigenvalue weighted by Crippen LogP contribution is -2.53. The van der Waals surface area contributed by atoms with Crippen LogP contribution in [0.1, 0.15) is 30.5 Å². The molecule has 4 aromatic heterocycles. The van der Waals surface area contributed by atoms with Crippen molar-refractivity contribution in [1.82, 2.24) is 29.3 Å². The number of nitriles is 1. The average Bonchev–Trinajstić information content (AvgIpc) is 3.73. The zero-order valence-corrected chi connectivity index (χ0v) is 24.6. The van der Waals surface area contributed by atoms with Crippen LogP contribution in [0.3, 0.4) is 0 Å². The third-order valence-electron chi connectivity index (χ3n) is 8.60. The standard InChI is InChI=1S/C31H28F2N8O2S/c1-44(42,43)27-7-2-20(3-8-27)15-39-25-5-6-26(39)19-38(18-25)29-9-4-21(12-35-29)28-10-22(24-14-37-41(17-24)31(32)33)16-40-30(28)23(11-34)13-36-40/h2-4,7-10,12-14,16-17,25-26,31H,5-6,15,18-19H2,1H3. The van der Waals surface area contributed by atoms with Crippen LogP contribution in [0.25, 0.3) is 27.8 Å². The van der Waals surface area contributed by atoms with E-state index in [4.69, 9.17) is 4.98 Å². The molecule has 2 atom stereocenters. The molecule has 10 nitrogen and oxygen atoms in total. The van der Waals surface area contributed by atoms with Gasteiger partial charge in [0.1, 0.15) is 11.9 Å². The van der Waals surface area contributed by atoms with Crippen LogP contribution in [0.4, 0.5) is 14.6 Å². The summed E-state index contributed by atoms with van der Waals surface area (Å²) in [6, 6.07) is 15.9. The largest absolute Gasteiger partial charge is 0.353 e. The highest BCUT2D eigenvalue weighted by molar-refractivity contribution is 7.90. The molecular weight excluding hydrogens is 586 g/mol. The van der Waals surface area contributed by atoms with E-state index in [9.17, 15) is 22.5 Å². The van der Waals surface area contributed by atoms with Crippen LogP contribution in [0.2, 0.25) is 0 Å². The number of hydrogen-bond acceptors (Lipinski definition) is 8. The molecule has 0 amide bonds. The highest BCUT2D eigenvalue weighted by atomic mass is 32.2. The number of rotatable bonds is 7. The summed E-state index contributed by atoms with van der Waals surface area (Å²) >= 11 is 0. The van der Waals surface area contributed by atoms with Gasteiger partial charge in [-0.1, -0.05) is 12.1 Å². The Balaban J connectivity index is 1.13. The van der Waals surface area contributed by atoms with E-state index < -0.39 is 16.4 Å². The molecule has 13 heteroatoms. The lowest BCUT2D eigenvalue weighted by Gasteiger charge is -2.41. The number of alkyl halides is 2. The quantitative estimate of drug-likeness (QED) is 0.258. The monoisotopic (exact) mass is 614 g/mol. The van der Waals surface area contributed by atoms with E-state index in [0.29, 0.717) is 49.4 Å². The van der Waals surface area contributed by atoms with Crippen LogP contribution in [0, 0.1) is 11.3 Å². The second-order valence-electron chi connectivity index (χ2n) is 11.4. The first-order valence-electron chi connectivity index (χ1n) is 14.2. The van der Waals surface area contributed by atoms with E-state index in [2.05, 4.69) is 26.1 Å². The molecule has 0 N–H and O–H groups in total. The SMILES string of the molecule is CS(=O)(=O)c1ccc(CN2C3CCC2CN(c2ccc(-c4cc(-c5cnn(C(F)F)c5)cn5ncc(C#N)c45)cn2)C3)cc1. The fourth-order valence-corrected chi connectivity index (χ4v) is 7.03. The zero-order chi connectivity index (χ0) is 30.6. The van der Waals surface area contributed by atoms with Crippen LogP contribution in [0.5, 0.6) is 0 Å². The molecule has 2 fully saturated rings. The average molecular weight is 615 g/mol. The van der Waals surface area contributed by atoms with Gasteiger partial charge >= 0.3 is 6.55 Å². The van der Waals surface area contributed by atoms with Crippen LogP contribution in [0.15, 0.2) is 78.3 Å². The van der Waals surface area contributed by atoms with Gasteiger partial charge in [-0.2, -0.15) is 24.2 Å². The lowest BCUT2D eigenvalue weighted by atomic mass is 10.0. The molecule has 224 valence electrons. The number of nitrogens with zero attached hydrogens (tertiary/aromatic N) is 8. The maximum absolute atomic E-state index is 13.2. The minimum absolute atomic E-state index is 0.330. The highest BCUT2D eigenvalue weighted by Gasteiger charge is 2.40. The summed E-state index contributed by atoms with van der Waals surface area (Å²) in [7, 11) is -3.22. The van der Waals surface area contributed by atoms with E-state index in [-0.39, 0.29) is 0 Å². The molecular formula is C31H28F2N8O2S. The molecule has 44 heavy (non-hydrogen) atoms. The van der Waals surface area contributed by atoms with Crippen molar-refractivity contribution in [3.8, 4) is 28.3 Å². The van der Waals surface area contributed by atoms with Crippen molar-refractivity contribution < 1.29 is 17.2 Å². The van der Waals surface area contributed by atoms with Crippen molar-refractivity contribution >= 4 is 21.2 Å². The van der Waals surface area contributed by atoms with E-state index >= 15 is 0 Å². The van der Waals surface area contributed by atoms with E-state index in [1.165, 1.54) is 24.8 Å². The second-order valence-corrected chi connectivity index (χ2v) is 13.4. The summed E-state index contributed by atoms with van der Waals surface area (Å²) < 4.78 is 52.2. The summed E-state index contributed by atoms with van der Waals surface area (Å²) in [5.41, 5.74) is 4.74. The number of fused-ring (bicyclic) bond motifs is 3. The van der Waals surface area contributed by atoms with Gasteiger partial charge in [0.05, 0.1) is 28.4 Å². The normalized spacial score (nSPS) is 18.8. The molecule has 2 bridgehead atoms. The topological polar surface area (TPSA) is 112 Å². The molecule has 2 aliphatic heterocycles. The Morgan fingerprint density at radius 3 is 2.32 bits per heavy atom. The summed E-state index contributed by atoms with van der Waals surface area (Å²) in [6.45, 7) is -0.308. The number of sulfone groups is 1. The highest BCUT2D eigenvalue weighted by Crippen LogP contribution is 2.36. The minimum Gasteiger partial charge on any atom is -0.353 e. The van der Waals surface area contributed by atoms with Gasteiger partial charge < -0.3 is 4.90 Å². The number of pyridine rings is 2. The predicted octanol–water partition coefficient (Wildman–Crippen LogP) is 4.78. The molecule has 1 aromatic carbocycles. The van der Waals surface area contributed by atoms with Gasteiger partial charge in [-0.05, 0) is 48.7 Å². The molecule has 0 spiro atoms.